The average molecular weight is 266 g/mol. The summed E-state index contributed by atoms with van der Waals surface area (Å²) in [6.07, 6.45) is 2.67. The van der Waals surface area contributed by atoms with E-state index in [0.29, 0.717) is 22.2 Å². The smallest absolute Gasteiger partial charge is 0.150 e. The van der Waals surface area contributed by atoms with Crippen LogP contribution in [0.2, 0.25) is 5.15 Å². The van der Waals surface area contributed by atoms with Crippen LogP contribution in [0.3, 0.4) is 0 Å². The molecule has 5 heteroatoms. The van der Waals surface area contributed by atoms with E-state index in [1.807, 2.05) is 20.8 Å². The number of aromatic nitrogens is 3. The summed E-state index contributed by atoms with van der Waals surface area (Å²) in [6.45, 7) is 5.93. The first kappa shape index (κ1) is 12.9. The lowest BCUT2D eigenvalue weighted by Gasteiger charge is -2.17. The summed E-state index contributed by atoms with van der Waals surface area (Å²) in [6, 6.07) is 3.12. The second-order valence-corrected chi connectivity index (χ2v) is 5.39. The van der Waals surface area contributed by atoms with Crippen LogP contribution in [0.5, 0.6) is 0 Å². The second-order valence-electron chi connectivity index (χ2n) is 5.01. The fraction of sp³-hybridized carbons (Fsp3) is 0.308. The van der Waals surface area contributed by atoms with E-state index >= 15 is 0 Å². The molecule has 18 heavy (non-hydrogen) atoms. The highest BCUT2D eigenvalue weighted by Gasteiger charge is 2.20. The summed E-state index contributed by atoms with van der Waals surface area (Å²) in [4.78, 5) is 12.3. The first-order valence-electron chi connectivity index (χ1n) is 5.53. The minimum absolute atomic E-state index is 0.247. The Morgan fingerprint density at radius 2 is 1.94 bits per heavy atom. The maximum atomic E-state index is 13.7. The summed E-state index contributed by atoms with van der Waals surface area (Å²) in [5.74, 6) is 0.160. The van der Waals surface area contributed by atoms with Crippen LogP contribution in [0.15, 0.2) is 24.5 Å². The first-order valence-corrected chi connectivity index (χ1v) is 5.90. The van der Waals surface area contributed by atoms with Crippen LogP contribution in [0.4, 0.5) is 4.39 Å². The van der Waals surface area contributed by atoms with Gasteiger partial charge < -0.3 is 0 Å². The van der Waals surface area contributed by atoms with Crippen molar-refractivity contribution in [3.63, 3.8) is 0 Å². The maximum Gasteiger partial charge on any atom is 0.150 e. The highest BCUT2D eigenvalue weighted by molar-refractivity contribution is 6.29. The fourth-order valence-electron chi connectivity index (χ4n) is 1.47. The molecule has 2 rings (SSSR count). The third-order valence-electron chi connectivity index (χ3n) is 2.41. The van der Waals surface area contributed by atoms with E-state index in [2.05, 4.69) is 15.0 Å². The summed E-state index contributed by atoms with van der Waals surface area (Å²) >= 11 is 5.97. The molecule has 0 fully saturated rings. The van der Waals surface area contributed by atoms with Crippen LogP contribution >= 0.6 is 11.6 Å². The topological polar surface area (TPSA) is 38.7 Å². The Balaban J connectivity index is 2.60. The number of nitrogens with zero attached hydrogens (tertiary/aromatic N) is 3. The molecular weight excluding hydrogens is 253 g/mol. The summed E-state index contributed by atoms with van der Waals surface area (Å²) in [7, 11) is 0. The molecule has 0 aliphatic rings. The van der Waals surface area contributed by atoms with Gasteiger partial charge in [-0.05, 0) is 6.07 Å². The van der Waals surface area contributed by atoms with E-state index in [1.165, 1.54) is 6.20 Å². The molecule has 94 valence electrons. The Hall–Kier alpha value is -1.55. The Morgan fingerprint density at radius 3 is 2.56 bits per heavy atom. The van der Waals surface area contributed by atoms with Gasteiger partial charge in [0.25, 0.3) is 0 Å². The van der Waals surface area contributed by atoms with Crippen molar-refractivity contribution >= 4 is 11.6 Å². The lowest BCUT2D eigenvalue weighted by atomic mass is 9.95. The van der Waals surface area contributed by atoms with Gasteiger partial charge in [0.05, 0.1) is 11.9 Å². The van der Waals surface area contributed by atoms with Gasteiger partial charge in [-0.2, -0.15) is 0 Å². The predicted molar refractivity (Wildman–Crippen MR) is 68.9 cm³/mol. The van der Waals surface area contributed by atoms with Gasteiger partial charge in [-0.3, -0.25) is 4.98 Å². The zero-order chi connectivity index (χ0) is 13.3. The molecule has 0 spiro atoms. The molecule has 2 aromatic heterocycles. The molecule has 0 aliphatic carbocycles. The van der Waals surface area contributed by atoms with E-state index in [9.17, 15) is 4.39 Å². The SMILES string of the molecule is CC(C)(C)c1nc(Cl)cc(-c2ccncc2F)n1. The fourth-order valence-corrected chi connectivity index (χ4v) is 1.66. The lowest BCUT2D eigenvalue weighted by Crippen LogP contribution is -2.16. The number of hydrogen-bond acceptors (Lipinski definition) is 3. The Kier molecular flexibility index (Phi) is 3.30. The molecule has 0 atom stereocenters. The number of rotatable bonds is 1. The highest BCUT2D eigenvalue weighted by Crippen LogP contribution is 2.26. The van der Waals surface area contributed by atoms with Gasteiger partial charge in [-0.1, -0.05) is 32.4 Å². The number of pyridine rings is 1. The van der Waals surface area contributed by atoms with E-state index in [1.54, 1.807) is 12.1 Å². The summed E-state index contributed by atoms with van der Waals surface area (Å²) in [5.41, 5.74) is 0.600. The molecule has 2 heterocycles. The number of halogens is 2. The highest BCUT2D eigenvalue weighted by atomic mass is 35.5. The largest absolute Gasteiger partial charge is 0.262 e. The Morgan fingerprint density at radius 1 is 1.22 bits per heavy atom. The maximum absolute atomic E-state index is 13.7. The van der Waals surface area contributed by atoms with Gasteiger partial charge in [0.1, 0.15) is 11.0 Å². The molecule has 0 N–H and O–H groups in total. The minimum atomic E-state index is -0.424. The van der Waals surface area contributed by atoms with E-state index in [0.717, 1.165) is 6.20 Å². The van der Waals surface area contributed by atoms with Crippen LogP contribution in [-0.4, -0.2) is 15.0 Å². The van der Waals surface area contributed by atoms with Gasteiger partial charge in [-0.25, -0.2) is 14.4 Å². The molecular formula is C13H13ClFN3. The summed E-state index contributed by atoms with van der Waals surface area (Å²) < 4.78 is 13.7. The average Bonchev–Trinajstić information content (AvgIpc) is 2.27. The monoisotopic (exact) mass is 265 g/mol. The van der Waals surface area contributed by atoms with Crippen molar-refractivity contribution in [2.45, 2.75) is 26.2 Å². The van der Waals surface area contributed by atoms with Crippen LogP contribution in [0, 0.1) is 5.82 Å². The normalized spacial score (nSPS) is 11.6. The lowest BCUT2D eigenvalue weighted by molar-refractivity contribution is 0.545. The van der Waals surface area contributed by atoms with E-state index < -0.39 is 5.82 Å². The van der Waals surface area contributed by atoms with Gasteiger partial charge in [0, 0.05) is 23.2 Å². The predicted octanol–water partition coefficient (Wildman–Crippen LogP) is 3.63. The van der Waals surface area contributed by atoms with Gasteiger partial charge in [0.2, 0.25) is 0 Å². The van der Waals surface area contributed by atoms with Crippen molar-refractivity contribution < 1.29 is 4.39 Å². The van der Waals surface area contributed by atoms with Crippen molar-refractivity contribution in [3.05, 3.63) is 41.3 Å². The molecule has 0 aromatic carbocycles. The first-order chi connectivity index (χ1) is 8.38. The third kappa shape index (κ3) is 2.64. The third-order valence-corrected chi connectivity index (χ3v) is 2.61. The van der Waals surface area contributed by atoms with Crippen LogP contribution in [0.1, 0.15) is 26.6 Å². The van der Waals surface area contributed by atoms with Gasteiger partial charge >= 0.3 is 0 Å². The molecule has 0 aliphatic heterocycles. The van der Waals surface area contributed by atoms with Crippen molar-refractivity contribution in [3.8, 4) is 11.3 Å². The molecule has 0 saturated heterocycles. The minimum Gasteiger partial charge on any atom is -0.262 e. The van der Waals surface area contributed by atoms with Crippen molar-refractivity contribution in [1.29, 1.82) is 0 Å². The molecule has 0 bridgehead atoms. The van der Waals surface area contributed by atoms with Gasteiger partial charge in [0.15, 0.2) is 5.82 Å². The van der Waals surface area contributed by atoms with Crippen molar-refractivity contribution in [1.82, 2.24) is 15.0 Å². The molecule has 3 nitrogen and oxygen atoms in total. The zero-order valence-electron chi connectivity index (χ0n) is 10.4. The molecule has 0 amide bonds. The van der Waals surface area contributed by atoms with Crippen LogP contribution < -0.4 is 0 Å². The number of hydrogen-bond donors (Lipinski definition) is 0. The van der Waals surface area contributed by atoms with E-state index in [-0.39, 0.29) is 5.41 Å². The van der Waals surface area contributed by atoms with Crippen molar-refractivity contribution in [2.75, 3.05) is 0 Å². The molecule has 0 saturated carbocycles. The molecule has 0 unspecified atom stereocenters. The van der Waals surface area contributed by atoms with Gasteiger partial charge in [-0.15, -0.1) is 0 Å². The zero-order valence-corrected chi connectivity index (χ0v) is 11.2. The van der Waals surface area contributed by atoms with Crippen LogP contribution in [-0.2, 0) is 5.41 Å². The summed E-state index contributed by atoms with van der Waals surface area (Å²) in [5, 5.41) is 0.307. The Labute approximate surface area is 110 Å². The van der Waals surface area contributed by atoms with Crippen molar-refractivity contribution in [2.24, 2.45) is 0 Å². The second kappa shape index (κ2) is 4.61. The van der Waals surface area contributed by atoms with Crippen LogP contribution in [0.25, 0.3) is 11.3 Å². The molecule has 0 radical (unpaired) electrons. The molecule has 2 aromatic rings. The Bertz CT molecular complexity index is 579. The standard InChI is InChI=1S/C13H13ClFN3/c1-13(2,3)12-17-10(6-11(14)18-12)8-4-5-16-7-9(8)15/h4-7H,1-3H3. The van der Waals surface area contributed by atoms with E-state index in [4.69, 9.17) is 11.6 Å². The quantitative estimate of drug-likeness (QED) is 0.739.